The van der Waals surface area contributed by atoms with Crippen molar-refractivity contribution in [2.75, 3.05) is 27.2 Å². The first-order chi connectivity index (χ1) is 12.0. The van der Waals surface area contributed by atoms with Crippen molar-refractivity contribution in [2.45, 2.75) is 43.0 Å². The van der Waals surface area contributed by atoms with Crippen LogP contribution < -0.4 is 4.72 Å². The highest BCUT2D eigenvalue weighted by atomic mass is 32.2. The maximum Gasteiger partial charge on any atom is 0.244 e. The van der Waals surface area contributed by atoms with E-state index in [0.717, 1.165) is 30.7 Å². The predicted molar refractivity (Wildman–Crippen MR) is 101 cm³/mol. The number of sulfonamides is 1. The summed E-state index contributed by atoms with van der Waals surface area (Å²) >= 11 is 1.52. The van der Waals surface area contributed by atoms with E-state index in [1.807, 2.05) is 41.2 Å². The summed E-state index contributed by atoms with van der Waals surface area (Å²) < 4.78 is 30.3. The Hall–Kier alpha value is -1.22. The van der Waals surface area contributed by atoms with Crippen LogP contribution in [0.1, 0.15) is 38.1 Å². The number of aromatic nitrogens is 2. The maximum absolute atomic E-state index is 12.8. The Kier molecular flexibility index (Phi) is 5.93. The molecule has 1 aliphatic carbocycles. The van der Waals surface area contributed by atoms with Gasteiger partial charge in [0.25, 0.3) is 0 Å². The zero-order valence-electron chi connectivity index (χ0n) is 14.8. The van der Waals surface area contributed by atoms with Gasteiger partial charge in [-0.15, -0.1) is 11.3 Å². The molecule has 3 rings (SSSR count). The first-order valence-electron chi connectivity index (χ1n) is 8.75. The zero-order chi connectivity index (χ0) is 17.9. The quantitative estimate of drug-likeness (QED) is 0.713. The third-order valence-corrected chi connectivity index (χ3v) is 6.85. The number of thiophene rings is 1. The Bertz CT molecular complexity index is 776. The van der Waals surface area contributed by atoms with Crippen LogP contribution in [0.2, 0.25) is 0 Å². The Balaban J connectivity index is 1.85. The molecule has 0 spiro atoms. The van der Waals surface area contributed by atoms with E-state index in [0.29, 0.717) is 23.2 Å². The Morgan fingerprint density at radius 2 is 2.12 bits per heavy atom. The molecule has 0 atom stereocenters. The van der Waals surface area contributed by atoms with Crippen LogP contribution in [-0.4, -0.2) is 50.3 Å². The van der Waals surface area contributed by atoms with Crippen LogP contribution in [0.5, 0.6) is 0 Å². The smallest absolute Gasteiger partial charge is 0.244 e. The highest BCUT2D eigenvalue weighted by molar-refractivity contribution is 7.89. The van der Waals surface area contributed by atoms with Gasteiger partial charge in [-0.05, 0) is 51.3 Å². The summed E-state index contributed by atoms with van der Waals surface area (Å²) in [6, 6.07) is 4.17. The molecule has 1 saturated carbocycles. The first-order valence-corrected chi connectivity index (χ1v) is 11.1. The minimum absolute atomic E-state index is 0.298. The molecule has 0 saturated heterocycles. The predicted octanol–water partition coefficient (Wildman–Crippen LogP) is 2.96. The van der Waals surface area contributed by atoms with Gasteiger partial charge in [-0.3, -0.25) is 4.68 Å². The number of rotatable bonds is 8. The van der Waals surface area contributed by atoms with Crippen LogP contribution in [0.15, 0.2) is 28.6 Å². The van der Waals surface area contributed by atoms with Crippen molar-refractivity contribution >= 4 is 21.4 Å². The van der Waals surface area contributed by atoms with E-state index in [2.05, 4.69) is 9.82 Å². The van der Waals surface area contributed by atoms with Crippen LogP contribution in [0.4, 0.5) is 0 Å². The number of hydrogen-bond donors (Lipinski definition) is 1. The second-order valence-corrected chi connectivity index (χ2v) is 9.48. The van der Waals surface area contributed by atoms with Gasteiger partial charge in [-0.25, -0.2) is 13.1 Å². The number of nitrogens with one attached hydrogen (secondary N) is 1. The van der Waals surface area contributed by atoms with Crippen LogP contribution in [-0.2, 0) is 10.0 Å². The highest BCUT2D eigenvalue weighted by Crippen LogP contribution is 2.34. The van der Waals surface area contributed by atoms with E-state index in [1.165, 1.54) is 24.2 Å². The molecular weight excluding hydrogens is 356 g/mol. The lowest BCUT2D eigenvalue weighted by Crippen LogP contribution is -2.27. The molecule has 0 unspecified atom stereocenters. The van der Waals surface area contributed by atoms with Gasteiger partial charge < -0.3 is 4.90 Å². The zero-order valence-corrected chi connectivity index (χ0v) is 16.4. The van der Waals surface area contributed by atoms with Gasteiger partial charge in [0.05, 0.1) is 10.9 Å². The van der Waals surface area contributed by atoms with Crippen molar-refractivity contribution in [2.24, 2.45) is 0 Å². The largest absolute Gasteiger partial charge is 0.309 e. The molecule has 6 nitrogen and oxygen atoms in total. The molecular formula is C17H26N4O2S2. The average Bonchev–Trinajstić information content (AvgIpc) is 3.31. The highest BCUT2D eigenvalue weighted by Gasteiger charge is 2.27. The lowest BCUT2D eigenvalue weighted by atomic mass is 10.3. The fourth-order valence-corrected chi connectivity index (χ4v) is 5.20. The van der Waals surface area contributed by atoms with Gasteiger partial charge in [-0.1, -0.05) is 18.9 Å². The molecule has 0 amide bonds. The summed E-state index contributed by atoms with van der Waals surface area (Å²) in [4.78, 5) is 3.24. The van der Waals surface area contributed by atoms with Gasteiger partial charge in [-0.2, -0.15) is 5.10 Å². The summed E-state index contributed by atoms with van der Waals surface area (Å²) in [7, 11) is 0.394. The number of hydrogen-bond acceptors (Lipinski definition) is 5. The molecule has 138 valence electrons. The Labute approximate surface area is 153 Å². The Morgan fingerprint density at radius 3 is 2.76 bits per heavy atom. The summed E-state index contributed by atoms with van der Waals surface area (Å²) in [5.74, 6) is 0. The molecule has 2 aromatic rings. The van der Waals surface area contributed by atoms with Crippen molar-refractivity contribution < 1.29 is 8.42 Å². The number of nitrogens with zero attached hydrogens (tertiary/aromatic N) is 3. The van der Waals surface area contributed by atoms with E-state index < -0.39 is 10.0 Å². The SMILES string of the molecule is CN(C)CCCNS(=O)(=O)c1cn(C2CCCC2)nc1-c1cccs1. The molecule has 1 aliphatic rings. The molecule has 0 radical (unpaired) electrons. The summed E-state index contributed by atoms with van der Waals surface area (Å²) in [5, 5.41) is 6.61. The molecule has 1 fully saturated rings. The molecule has 25 heavy (non-hydrogen) atoms. The van der Waals surface area contributed by atoms with E-state index in [-0.39, 0.29) is 0 Å². The standard InChI is InChI=1S/C17H26N4O2S2/c1-20(2)11-6-10-18-25(22,23)16-13-21(14-7-3-4-8-14)19-17(16)15-9-5-12-24-15/h5,9,12-14,18H,3-4,6-8,10-11H2,1-2H3. The second kappa shape index (κ2) is 7.99. The molecule has 1 N–H and O–H groups in total. The lowest BCUT2D eigenvalue weighted by molar-refractivity contribution is 0.400. The second-order valence-electron chi connectivity index (χ2n) is 6.79. The van der Waals surface area contributed by atoms with Crippen LogP contribution in [0.3, 0.4) is 0 Å². The Morgan fingerprint density at radius 1 is 1.36 bits per heavy atom. The first kappa shape index (κ1) is 18.6. The van der Waals surface area contributed by atoms with E-state index in [4.69, 9.17) is 0 Å². The monoisotopic (exact) mass is 382 g/mol. The van der Waals surface area contributed by atoms with Crippen molar-refractivity contribution in [3.63, 3.8) is 0 Å². The van der Waals surface area contributed by atoms with Crippen LogP contribution in [0.25, 0.3) is 10.6 Å². The summed E-state index contributed by atoms with van der Waals surface area (Å²) in [5.41, 5.74) is 0.571. The van der Waals surface area contributed by atoms with Crippen LogP contribution >= 0.6 is 11.3 Å². The van der Waals surface area contributed by atoms with E-state index in [9.17, 15) is 8.42 Å². The van der Waals surface area contributed by atoms with Gasteiger partial charge in [0.1, 0.15) is 10.6 Å². The summed E-state index contributed by atoms with van der Waals surface area (Å²) in [6.45, 7) is 1.28. The minimum atomic E-state index is -3.57. The molecule has 2 aromatic heterocycles. The minimum Gasteiger partial charge on any atom is -0.309 e. The topological polar surface area (TPSA) is 67.2 Å². The third-order valence-electron chi connectivity index (χ3n) is 4.52. The van der Waals surface area contributed by atoms with E-state index >= 15 is 0 Å². The third kappa shape index (κ3) is 4.49. The molecule has 2 heterocycles. The van der Waals surface area contributed by atoms with Crippen LogP contribution in [0, 0.1) is 0 Å². The van der Waals surface area contributed by atoms with Gasteiger partial charge in [0.2, 0.25) is 10.0 Å². The van der Waals surface area contributed by atoms with Gasteiger partial charge in [0.15, 0.2) is 0 Å². The summed E-state index contributed by atoms with van der Waals surface area (Å²) in [6.07, 6.45) is 7.01. The maximum atomic E-state index is 12.8. The van der Waals surface area contributed by atoms with Gasteiger partial charge >= 0.3 is 0 Å². The average molecular weight is 383 g/mol. The molecule has 0 aliphatic heterocycles. The van der Waals surface area contributed by atoms with E-state index in [1.54, 1.807) is 6.20 Å². The van der Waals surface area contributed by atoms with Crippen molar-refractivity contribution in [1.82, 2.24) is 19.4 Å². The van der Waals surface area contributed by atoms with Gasteiger partial charge in [0, 0.05) is 12.7 Å². The van der Waals surface area contributed by atoms with Crippen molar-refractivity contribution in [3.8, 4) is 10.6 Å². The van der Waals surface area contributed by atoms with Crippen molar-refractivity contribution in [3.05, 3.63) is 23.7 Å². The fraction of sp³-hybridized carbons (Fsp3) is 0.588. The molecule has 8 heteroatoms. The fourth-order valence-electron chi connectivity index (χ4n) is 3.19. The lowest BCUT2D eigenvalue weighted by Gasteiger charge is -2.10. The molecule has 0 aromatic carbocycles. The molecule has 0 bridgehead atoms. The normalized spacial score (nSPS) is 16.1. The van der Waals surface area contributed by atoms with Crippen molar-refractivity contribution in [1.29, 1.82) is 0 Å².